The van der Waals surface area contributed by atoms with Crippen LogP contribution in [0, 0.1) is 0 Å². The van der Waals surface area contributed by atoms with Crippen molar-refractivity contribution in [1.29, 1.82) is 0 Å². The number of aliphatic carboxylic acids is 1. The molecule has 0 amide bonds. The molecule has 0 fully saturated rings. The van der Waals surface area contributed by atoms with Crippen molar-refractivity contribution in [3.8, 4) is 0 Å². The van der Waals surface area contributed by atoms with Gasteiger partial charge in [0.15, 0.2) is 0 Å². The van der Waals surface area contributed by atoms with E-state index >= 15 is 0 Å². The highest BCUT2D eigenvalue weighted by Crippen LogP contribution is 2.04. The van der Waals surface area contributed by atoms with E-state index in [9.17, 15) is 4.79 Å². The summed E-state index contributed by atoms with van der Waals surface area (Å²) in [6, 6.07) is -0.760. The van der Waals surface area contributed by atoms with Crippen LogP contribution < -0.4 is 5.73 Å². The molecule has 0 aromatic rings. The molecule has 1 atom stereocenters. The van der Waals surface area contributed by atoms with Gasteiger partial charge in [-0.3, -0.25) is 4.79 Å². The summed E-state index contributed by atoms with van der Waals surface area (Å²) in [7, 11) is 1.63. The third kappa shape index (κ3) is 9.99. The fraction of sp³-hybridized carbons (Fsp3) is 0.889. The van der Waals surface area contributed by atoms with E-state index in [-0.39, 0.29) is 0 Å². The van der Waals surface area contributed by atoms with Crippen LogP contribution in [0.1, 0.15) is 6.42 Å². The monoisotopic (exact) mass is 237 g/mol. The van der Waals surface area contributed by atoms with Gasteiger partial charge in [-0.05, 0) is 12.2 Å². The first-order valence-electron chi connectivity index (χ1n) is 4.81. The maximum absolute atomic E-state index is 10.4. The minimum absolute atomic E-state index is 0.452. The zero-order valence-corrected chi connectivity index (χ0v) is 9.79. The predicted molar refractivity (Wildman–Crippen MR) is 60.2 cm³/mol. The second-order valence-electron chi connectivity index (χ2n) is 2.98. The first-order chi connectivity index (χ1) is 7.18. The molecule has 1 unspecified atom stereocenters. The van der Waals surface area contributed by atoms with E-state index in [0.717, 1.165) is 12.2 Å². The molecule has 0 aliphatic rings. The van der Waals surface area contributed by atoms with Crippen molar-refractivity contribution in [3.05, 3.63) is 0 Å². The quantitative estimate of drug-likeness (QED) is 0.528. The third-order valence-corrected chi connectivity index (χ3v) is 2.80. The Balaban J connectivity index is 3.08. The lowest BCUT2D eigenvalue weighted by atomic mass is 10.4. The van der Waals surface area contributed by atoms with Gasteiger partial charge in [0.1, 0.15) is 6.04 Å². The van der Waals surface area contributed by atoms with E-state index in [4.69, 9.17) is 20.3 Å². The van der Waals surface area contributed by atoms with E-state index in [1.807, 2.05) is 0 Å². The number of ether oxygens (including phenoxy) is 2. The zero-order chi connectivity index (χ0) is 11.5. The summed E-state index contributed by atoms with van der Waals surface area (Å²) >= 11 is 1.54. The summed E-state index contributed by atoms with van der Waals surface area (Å²) in [4.78, 5) is 10.4. The van der Waals surface area contributed by atoms with Gasteiger partial charge in [-0.25, -0.2) is 0 Å². The summed E-state index contributed by atoms with van der Waals surface area (Å²) < 4.78 is 10.1. The zero-order valence-electron chi connectivity index (χ0n) is 8.98. The number of carboxylic acid groups (broad SMARTS) is 1. The van der Waals surface area contributed by atoms with E-state index in [0.29, 0.717) is 25.6 Å². The lowest BCUT2D eigenvalue weighted by molar-refractivity contribution is -0.137. The third-order valence-electron chi connectivity index (χ3n) is 1.62. The summed E-state index contributed by atoms with van der Waals surface area (Å²) in [6.45, 7) is 1.89. The lowest BCUT2D eigenvalue weighted by Crippen LogP contribution is -2.32. The number of nitrogens with two attached hydrogens (primary N) is 1. The van der Waals surface area contributed by atoms with Crippen LogP contribution in [0.25, 0.3) is 0 Å². The molecule has 3 N–H and O–H groups in total. The Morgan fingerprint density at radius 2 is 2.20 bits per heavy atom. The molecule has 90 valence electrons. The topological polar surface area (TPSA) is 81.8 Å². The first-order valence-corrected chi connectivity index (χ1v) is 5.96. The van der Waals surface area contributed by atoms with E-state index in [1.54, 1.807) is 7.11 Å². The number of carbonyl (C=O) groups is 1. The van der Waals surface area contributed by atoms with Gasteiger partial charge in [-0.2, -0.15) is 11.8 Å². The Morgan fingerprint density at radius 3 is 2.80 bits per heavy atom. The Hall–Kier alpha value is -0.300. The largest absolute Gasteiger partial charge is 0.480 e. The molecule has 0 saturated carbocycles. The van der Waals surface area contributed by atoms with E-state index in [1.165, 1.54) is 11.8 Å². The average molecular weight is 237 g/mol. The van der Waals surface area contributed by atoms with Crippen LogP contribution in [0.5, 0.6) is 0 Å². The molecule has 15 heavy (non-hydrogen) atoms. The number of rotatable bonds is 10. The normalized spacial score (nSPS) is 12.7. The van der Waals surface area contributed by atoms with Gasteiger partial charge in [-0.1, -0.05) is 0 Å². The van der Waals surface area contributed by atoms with Gasteiger partial charge >= 0.3 is 5.97 Å². The second kappa shape index (κ2) is 10.2. The maximum atomic E-state index is 10.4. The molecular formula is C9H19NO4S. The van der Waals surface area contributed by atoms with Gasteiger partial charge in [0.2, 0.25) is 0 Å². The molecular weight excluding hydrogens is 218 g/mol. The Bertz CT molecular complexity index is 168. The molecule has 0 aromatic heterocycles. The molecule has 0 bridgehead atoms. The Kier molecular flexibility index (Phi) is 10.0. The maximum Gasteiger partial charge on any atom is 0.321 e. The molecule has 0 radical (unpaired) electrons. The summed E-state index contributed by atoms with van der Waals surface area (Å²) in [6.07, 6.45) is 0.903. The summed E-state index contributed by atoms with van der Waals surface area (Å²) in [5.74, 6) is 0.375. The minimum atomic E-state index is -0.946. The molecule has 0 heterocycles. The number of hydrogen-bond acceptors (Lipinski definition) is 5. The highest BCUT2D eigenvalue weighted by atomic mass is 32.2. The SMILES string of the molecule is COCCOCCCSCC(N)C(=O)O. The van der Waals surface area contributed by atoms with Crippen molar-refractivity contribution in [3.63, 3.8) is 0 Å². The van der Waals surface area contributed by atoms with Gasteiger partial charge in [0, 0.05) is 19.5 Å². The number of carboxylic acids is 1. The van der Waals surface area contributed by atoms with Crippen LogP contribution in [-0.4, -0.2) is 55.6 Å². The average Bonchev–Trinajstić information content (AvgIpc) is 2.21. The Morgan fingerprint density at radius 1 is 1.47 bits per heavy atom. The van der Waals surface area contributed by atoms with Crippen molar-refractivity contribution in [2.24, 2.45) is 5.73 Å². The van der Waals surface area contributed by atoms with Crippen molar-refractivity contribution < 1.29 is 19.4 Å². The van der Waals surface area contributed by atoms with Gasteiger partial charge in [0.05, 0.1) is 13.2 Å². The smallest absolute Gasteiger partial charge is 0.321 e. The lowest BCUT2D eigenvalue weighted by Gasteiger charge is -2.06. The number of hydrogen-bond donors (Lipinski definition) is 2. The molecule has 0 aliphatic carbocycles. The van der Waals surface area contributed by atoms with Crippen LogP contribution in [0.3, 0.4) is 0 Å². The molecule has 0 spiro atoms. The minimum Gasteiger partial charge on any atom is -0.480 e. The van der Waals surface area contributed by atoms with Crippen molar-refractivity contribution in [2.45, 2.75) is 12.5 Å². The molecule has 5 nitrogen and oxygen atoms in total. The highest BCUT2D eigenvalue weighted by molar-refractivity contribution is 7.99. The van der Waals surface area contributed by atoms with Crippen LogP contribution >= 0.6 is 11.8 Å². The highest BCUT2D eigenvalue weighted by Gasteiger charge is 2.10. The standard InChI is InChI=1S/C9H19NO4S/c1-13-4-5-14-3-2-6-15-7-8(10)9(11)12/h8H,2-7,10H2,1H3,(H,11,12). The fourth-order valence-corrected chi connectivity index (χ4v) is 1.67. The van der Waals surface area contributed by atoms with Crippen LogP contribution in [0.15, 0.2) is 0 Å². The van der Waals surface area contributed by atoms with Gasteiger partial charge in [-0.15, -0.1) is 0 Å². The van der Waals surface area contributed by atoms with Crippen LogP contribution in [-0.2, 0) is 14.3 Å². The summed E-state index contributed by atoms with van der Waals surface area (Å²) in [5.41, 5.74) is 5.33. The first kappa shape index (κ1) is 14.7. The molecule has 0 rings (SSSR count). The van der Waals surface area contributed by atoms with E-state index in [2.05, 4.69) is 0 Å². The summed E-state index contributed by atoms with van der Waals surface area (Å²) in [5, 5.41) is 8.50. The fourth-order valence-electron chi connectivity index (χ4n) is 0.789. The van der Waals surface area contributed by atoms with Crippen LogP contribution in [0.2, 0.25) is 0 Å². The van der Waals surface area contributed by atoms with Crippen molar-refractivity contribution in [2.75, 3.05) is 38.4 Å². The molecule has 0 aromatic carbocycles. The van der Waals surface area contributed by atoms with Gasteiger partial charge in [0.25, 0.3) is 0 Å². The molecule has 0 aliphatic heterocycles. The second-order valence-corrected chi connectivity index (χ2v) is 4.13. The predicted octanol–water partition coefficient (Wildman–Crippen LogP) is 0.185. The van der Waals surface area contributed by atoms with Crippen molar-refractivity contribution >= 4 is 17.7 Å². The van der Waals surface area contributed by atoms with E-state index < -0.39 is 12.0 Å². The molecule has 0 saturated heterocycles. The number of thioether (sulfide) groups is 1. The van der Waals surface area contributed by atoms with Crippen LogP contribution in [0.4, 0.5) is 0 Å². The van der Waals surface area contributed by atoms with Gasteiger partial charge < -0.3 is 20.3 Å². The van der Waals surface area contributed by atoms with Crippen molar-refractivity contribution in [1.82, 2.24) is 0 Å². The molecule has 6 heteroatoms. The number of methoxy groups -OCH3 is 1. The Labute approximate surface area is 94.3 Å².